The molecular weight excluding hydrogens is 136 g/mol. The number of hydrogen-bond acceptors (Lipinski definition) is 1. The Bertz CT molecular complexity index is 112. The lowest BCUT2D eigenvalue weighted by molar-refractivity contribution is 0.0465. The van der Waals surface area contributed by atoms with E-state index in [0.29, 0.717) is 6.10 Å². The number of allylic oxidation sites excluding steroid dienone is 1. The summed E-state index contributed by atoms with van der Waals surface area (Å²) < 4.78 is 5.64. The molecule has 0 aromatic heterocycles. The first-order valence-electron chi connectivity index (χ1n) is 4.66. The van der Waals surface area contributed by atoms with Crippen molar-refractivity contribution in [3.05, 3.63) is 12.2 Å². The SMILES string of the molecule is CC=CCOC1CCCCC1. The number of hydrogen-bond donors (Lipinski definition) is 0. The van der Waals surface area contributed by atoms with Crippen LogP contribution in [-0.2, 0) is 4.74 Å². The summed E-state index contributed by atoms with van der Waals surface area (Å²) in [5, 5.41) is 0. The van der Waals surface area contributed by atoms with Gasteiger partial charge in [-0.1, -0.05) is 31.4 Å². The number of ether oxygens (including phenoxy) is 1. The lowest BCUT2D eigenvalue weighted by Gasteiger charge is -2.21. The number of rotatable bonds is 3. The van der Waals surface area contributed by atoms with Crippen molar-refractivity contribution in [1.29, 1.82) is 0 Å². The first kappa shape index (κ1) is 8.79. The molecule has 0 heterocycles. The van der Waals surface area contributed by atoms with E-state index in [-0.39, 0.29) is 0 Å². The quantitative estimate of drug-likeness (QED) is 0.568. The van der Waals surface area contributed by atoms with Crippen molar-refractivity contribution < 1.29 is 4.74 Å². The molecule has 0 aromatic carbocycles. The molecule has 0 radical (unpaired) electrons. The normalized spacial score (nSPS) is 21.2. The van der Waals surface area contributed by atoms with Crippen LogP contribution in [0.5, 0.6) is 0 Å². The van der Waals surface area contributed by atoms with E-state index < -0.39 is 0 Å². The van der Waals surface area contributed by atoms with Crippen molar-refractivity contribution in [2.75, 3.05) is 6.61 Å². The van der Waals surface area contributed by atoms with Gasteiger partial charge in [-0.25, -0.2) is 0 Å². The van der Waals surface area contributed by atoms with E-state index in [4.69, 9.17) is 4.74 Å². The Labute approximate surface area is 69.4 Å². The monoisotopic (exact) mass is 154 g/mol. The summed E-state index contributed by atoms with van der Waals surface area (Å²) >= 11 is 0. The highest BCUT2D eigenvalue weighted by molar-refractivity contribution is 4.77. The molecule has 0 N–H and O–H groups in total. The molecule has 11 heavy (non-hydrogen) atoms. The smallest absolute Gasteiger partial charge is 0.0651 e. The minimum atomic E-state index is 0.556. The summed E-state index contributed by atoms with van der Waals surface area (Å²) in [4.78, 5) is 0. The van der Waals surface area contributed by atoms with Crippen LogP contribution >= 0.6 is 0 Å². The minimum absolute atomic E-state index is 0.556. The summed E-state index contributed by atoms with van der Waals surface area (Å²) in [5.41, 5.74) is 0. The Morgan fingerprint density at radius 3 is 2.64 bits per heavy atom. The molecule has 1 heteroatoms. The average Bonchev–Trinajstić information content (AvgIpc) is 2.07. The highest BCUT2D eigenvalue weighted by atomic mass is 16.5. The Morgan fingerprint density at radius 1 is 1.27 bits per heavy atom. The highest BCUT2D eigenvalue weighted by Crippen LogP contribution is 2.19. The van der Waals surface area contributed by atoms with Crippen molar-refractivity contribution >= 4 is 0 Å². The zero-order valence-electron chi connectivity index (χ0n) is 7.38. The summed E-state index contributed by atoms with van der Waals surface area (Å²) in [7, 11) is 0. The Hall–Kier alpha value is -0.300. The van der Waals surface area contributed by atoms with Gasteiger partial charge in [-0.2, -0.15) is 0 Å². The van der Waals surface area contributed by atoms with Crippen LogP contribution in [-0.4, -0.2) is 12.7 Å². The van der Waals surface area contributed by atoms with Crippen LogP contribution in [0.1, 0.15) is 39.0 Å². The van der Waals surface area contributed by atoms with E-state index in [2.05, 4.69) is 6.08 Å². The van der Waals surface area contributed by atoms with Gasteiger partial charge in [-0.3, -0.25) is 0 Å². The molecule has 0 unspecified atom stereocenters. The fraction of sp³-hybridized carbons (Fsp3) is 0.800. The predicted octanol–water partition coefficient (Wildman–Crippen LogP) is 2.91. The van der Waals surface area contributed by atoms with Crippen LogP contribution in [0, 0.1) is 0 Å². The molecular formula is C10H18O. The van der Waals surface area contributed by atoms with Crippen LogP contribution in [0.4, 0.5) is 0 Å². The van der Waals surface area contributed by atoms with Crippen molar-refractivity contribution in [3.8, 4) is 0 Å². The zero-order valence-corrected chi connectivity index (χ0v) is 7.38. The Morgan fingerprint density at radius 2 is 2.00 bits per heavy atom. The third-order valence-corrected chi connectivity index (χ3v) is 2.22. The molecule has 0 saturated heterocycles. The molecule has 1 saturated carbocycles. The molecule has 1 fully saturated rings. The van der Waals surface area contributed by atoms with Crippen molar-refractivity contribution in [3.63, 3.8) is 0 Å². The van der Waals surface area contributed by atoms with Crippen LogP contribution in [0.15, 0.2) is 12.2 Å². The van der Waals surface area contributed by atoms with Crippen LogP contribution in [0.25, 0.3) is 0 Å². The van der Waals surface area contributed by atoms with Gasteiger partial charge in [0.05, 0.1) is 12.7 Å². The lowest BCUT2D eigenvalue weighted by atomic mass is 9.98. The summed E-state index contributed by atoms with van der Waals surface area (Å²) in [6.07, 6.45) is 11.4. The third kappa shape index (κ3) is 3.57. The van der Waals surface area contributed by atoms with E-state index in [1.165, 1.54) is 32.1 Å². The molecule has 1 aliphatic carbocycles. The highest BCUT2D eigenvalue weighted by Gasteiger charge is 2.12. The van der Waals surface area contributed by atoms with E-state index in [1.807, 2.05) is 13.0 Å². The molecule has 0 atom stereocenters. The maximum atomic E-state index is 5.64. The topological polar surface area (TPSA) is 9.23 Å². The molecule has 64 valence electrons. The average molecular weight is 154 g/mol. The zero-order chi connectivity index (χ0) is 7.94. The van der Waals surface area contributed by atoms with Gasteiger partial charge < -0.3 is 4.74 Å². The van der Waals surface area contributed by atoms with Gasteiger partial charge in [0.25, 0.3) is 0 Å². The summed E-state index contributed by atoms with van der Waals surface area (Å²) in [6, 6.07) is 0. The van der Waals surface area contributed by atoms with Crippen molar-refractivity contribution in [2.45, 2.75) is 45.1 Å². The maximum Gasteiger partial charge on any atom is 0.0651 e. The molecule has 0 amide bonds. The van der Waals surface area contributed by atoms with Gasteiger partial charge in [0.2, 0.25) is 0 Å². The van der Waals surface area contributed by atoms with E-state index >= 15 is 0 Å². The second-order valence-electron chi connectivity index (χ2n) is 3.16. The molecule has 1 rings (SSSR count). The van der Waals surface area contributed by atoms with Gasteiger partial charge in [0.1, 0.15) is 0 Å². The first-order valence-corrected chi connectivity index (χ1v) is 4.66. The molecule has 1 aliphatic rings. The fourth-order valence-electron chi connectivity index (χ4n) is 1.52. The standard InChI is InChI=1S/C10H18O/c1-2-3-9-11-10-7-5-4-6-8-10/h2-3,10H,4-9H2,1H3. The first-order chi connectivity index (χ1) is 5.43. The lowest BCUT2D eigenvalue weighted by Crippen LogP contribution is -2.16. The fourth-order valence-corrected chi connectivity index (χ4v) is 1.52. The molecule has 0 aromatic rings. The van der Waals surface area contributed by atoms with E-state index in [9.17, 15) is 0 Å². The van der Waals surface area contributed by atoms with Gasteiger partial charge in [0.15, 0.2) is 0 Å². The van der Waals surface area contributed by atoms with Crippen molar-refractivity contribution in [2.24, 2.45) is 0 Å². The predicted molar refractivity (Wildman–Crippen MR) is 47.6 cm³/mol. The minimum Gasteiger partial charge on any atom is -0.374 e. The van der Waals surface area contributed by atoms with Gasteiger partial charge in [-0.15, -0.1) is 0 Å². The maximum absolute atomic E-state index is 5.64. The Kier molecular flexibility index (Phi) is 4.29. The molecule has 0 bridgehead atoms. The second-order valence-corrected chi connectivity index (χ2v) is 3.16. The van der Waals surface area contributed by atoms with Gasteiger partial charge >= 0.3 is 0 Å². The molecule has 1 nitrogen and oxygen atoms in total. The van der Waals surface area contributed by atoms with Crippen LogP contribution in [0.3, 0.4) is 0 Å². The van der Waals surface area contributed by atoms with Gasteiger partial charge in [-0.05, 0) is 19.8 Å². The molecule has 0 spiro atoms. The van der Waals surface area contributed by atoms with Gasteiger partial charge in [0, 0.05) is 0 Å². The largest absolute Gasteiger partial charge is 0.374 e. The van der Waals surface area contributed by atoms with E-state index in [1.54, 1.807) is 0 Å². The summed E-state index contributed by atoms with van der Waals surface area (Å²) in [6.45, 7) is 2.84. The van der Waals surface area contributed by atoms with Crippen LogP contribution < -0.4 is 0 Å². The van der Waals surface area contributed by atoms with E-state index in [0.717, 1.165) is 6.61 Å². The molecule has 0 aliphatic heterocycles. The Balaban J connectivity index is 2.04. The second kappa shape index (κ2) is 5.36. The van der Waals surface area contributed by atoms with Crippen molar-refractivity contribution in [1.82, 2.24) is 0 Å². The summed E-state index contributed by atoms with van der Waals surface area (Å²) in [5.74, 6) is 0. The van der Waals surface area contributed by atoms with Crippen LogP contribution in [0.2, 0.25) is 0 Å². The third-order valence-electron chi connectivity index (χ3n) is 2.22.